The van der Waals surface area contributed by atoms with E-state index in [1.54, 1.807) is 12.3 Å². The molecule has 0 saturated heterocycles. The van der Waals surface area contributed by atoms with E-state index in [0.29, 0.717) is 22.8 Å². The second kappa shape index (κ2) is 3.79. The van der Waals surface area contributed by atoms with Crippen LogP contribution in [0.15, 0.2) is 12.3 Å². The maximum atomic E-state index is 11.1. The molecule has 0 aliphatic carbocycles. The maximum absolute atomic E-state index is 11.1. The molecular formula is C11H11ClN2O2. The summed E-state index contributed by atoms with van der Waals surface area (Å²) in [6, 6.07) is 1.79. The predicted molar refractivity (Wildman–Crippen MR) is 61.3 cm³/mol. The minimum atomic E-state index is -0.982. The van der Waals surface area contributed by atoms with Crippen LogP contribution in [0.5, 0.6) is 0 Å². The third kappa shape index (κ3) is 1.55. The summed E-state index contributed by atoms with van der Waals surface area (Å²) in [5.41, 5.74) is 2.28. The lowest BCUT2D eigenvalue weighted by atomic mass is 10.2. The Balaban J connectivity index is 2.84. The van der Waals surface area contributed by atoms with Gasteiger partial charge in [-0.25, -0.2) is 9.78 Å². The van der Waals surface area contributed by atoms with E-state index in [1.807, 2.05) is 13.8 Å². The highest BCUT2D eigenvalue weighted by Gasteiger charge is 2.17. The molecule has 1 N–H and O–H groups in total. The van der Waals surface area contributed by atoms with Crippen LogP contribution in [0.4, 0.5) is 0 Å². The highest BCUT2D eigenvalue weighted by molar-refractivity contribution is 6.31. The van der Waals surface area contributed by atoms with E-state index >= 15 is 0 Å². The summed E-state index contributed by atoms with van der Waals surface area (Å²) in [5.74, 6) is -0.982. The minimum absolute atomic E-state index is 0.194. The number of halogens is 1. The molecule has 5 heteroatoms. The van der Waals surface area contributed by atoms with E-state index in [-0.39, 0.29) is 5.69 Å². The van der Waals surface area contributed by atoms with Gasteiger partial charge in [-0.15, -0.1) is 0 Å². The smallest absolute Gasteiger partial charge is 0.354 e. The lowest BCUT2D eigenvalue weighted by molar-refractivity contribution is 0.0688. The molecule has 2 heterocycles. The summed E-state index contributed by atoms with van der Waals surface area (Å²) in [7, 11) is 0. The zero-order chi connectivity index (χ0) is 11.9. The first-order valence-corrected chi connectivity index (χ1v) is 5.32. The minimum Gasteiger partial charge on any atom is -0.477 e. The van der Waals surface area contributed by atoms with Gasteiger partial charge in [0.15, 0.2) is 5.69 Å². The molecule has 2 aromatic heterocycles. The molecule has 2 rings (SSSR count). The monoisotopic (exact) mass is 238 g/mol. The number of pyridine rings is 1. The molecule has 0 spiro atoms. The summed E-state index contributed by atoms with van der Waals surface area (Å²) in [5, 5.41) is 9.68. The summed E-state index contributed by atoms with van der Waals surface area (Å²) in [4.78, 5) is 15.4. The van der Waals surface area contributed by atoms with Gasteiger partial charge in [0, 0.05) is 6.20 Å². The summed E-state index contributed by atoms with van der Waals surface area (Å²) >= 11 is 5.98. The molecule has 0 aromatic carbocycles. The second-order valence-electron chi connectivity index (χ2n) is 3.60. The molecule has 0 bridgehead atoms. The number of hydrogen-bond donors (Lipinski definition) is 1. The average molecular weight is 239 g/mol. The van der Waals surface area contributed by atoms with Crippen molar-refractivity contribution < 1.29 is 9.90 Å². The van der Waals surface area contributed by atoms with E-state index in [9.17, 15) is 4.79 Å². The number of aromatic nitrogens is 2. The quantitative estimate of drug-likeness (QED) is 0.875. The second-order valence-corrected chi connectivity index (χ2v) is 4.01. The van der Waals surface area contributed by atoms with Gasteiger partial charge in [0.25, 0.3) is 0 Å². The van der Waals surface area contributed by atoms with Crippen LogP contribution in [0.2, 0.25) is 5.02 Å². The SMILES string of the molecule is CCc1nc2cc(C)c(Cl)cn2c1C(=O)O. The Morgan fingerprint density at radius 3 is 2.88 bits per heavy atom. The number of carbonyl (C=O) groups is 1. The van der Waals surface area contributed by atoms with Gasteiger partial charge in [-0.05, 0) is 25.0 Å². The predicted octanol–water partition coefficient (Wildman–Crippen LogP) is 2.56. The van der Waals surface area contributed by atoms with Crippen molar-refractivity contribution >= 4 is 23.2 Å². The van der Waals surface area contributed by atoms with Gasteiger partial charge < -0.3 is 5.11 Å². The van der Waals surface area contributed by atoms with Crippen molar-refractivity contribution in [1.29, 1.82) is 0 Å². The van der Waals surface area contributed by atoms with Gasteiger partial charge in [-0.1, -0.05) is 18.5 Å². The Labute approximate surface area is 97.5 Å². The van der Waals surface area contributed by atoms with E-state index < -0.39 is 5.97 Å². The number of aromatic carboxylic acids is 1. The molecule has 0 fully saturated rings. The molecule has 4 nitrogen and oxygen atoms in total. The molecule has 0 aliphatic heterocycles. The fourth-order valence-electron chi connectivity index (χ4n) is 1.68. The van der Waals surface area contributed by atoms with Gasteiger partial charge in [-0.2, -0.15) is 0 Å². The van der Waals surface area contributed by atoms with Gasteiger partial charge in [-0.3, -0.25) is 4.40 Å². The number of nitrogens with zero attached hydrogens (tertiary/aromatic N) is 2. The van der Waals surface area contributed by atoms with Crippen molar-refractivity contribution in [3.8, 4) is 0 Å². The van der Waals surface area contributed by atoms with E-state index in [0.717, 1.165) is 5.56 Å². The van der Waals surface area contributed by atoms with Crippen molar-refractivity contribution in [2.75, 3.05) is 0 Å². The average Bonchev–Trinajstić information content (AvgIpc) is 2.56. The van der Waals surface area contributed by atoms with Crippen LogP contribution in [0.3, 0.4) is 0 Å². The van der Waals surface area contributed by atoms with Gasteiger partial charge in [0.2, 0.25) is 0 Å². The summed E-state index contributed by atoms with van der Waals surface area (Å²) in [6.07, 6.45) is 2.18. The molecule has 16 heavy (non-hydrogen) atoms. The lowest BCUT2D eigenvalue weighted by Crippen LogP contribution is -2.05. The number of carboxylic acid groups (broad SMARTS) is 1. The van der Waals surface area contributed by atoms with Crippen LogP contribution in [-0.4, -0.2) is 20.5 Å². The number of rotatable bonds is 2. The number of fused-ring (bicyclic) bond motifs is 1. The van der Waals surface area contributed by atoms with Crippen LogP contribution < -0.4 is 0 Å². The van der Waals surface area contributed by atoms with E-state index in [2.05, 4.69) is 4.98 Å². The Kier molecular flexibility index (Phi) is 2.59. The summed E-state index contributed by atoms with van der Waals surface area (Å²) in [6.45, 7) is 3.74. The molecule has 0 saturated carbocycles. The molecule has 0 unspecified atom stereocenters. The van der Waals surface area contributed by atoms with Crippen molar-refractivity contribution in [2.24, 2.45) is 0 Å². The Bertz CT molecular complexity index is 575. The number of carboxylic acids is 1. The highest BCUT2D eigenvalue weighted by Crippen LogP contribution is 2.20. The van der Waals surface area contributed by atoms with Gasteiger partial charge in [0.05, 0.1) is 10.7 Å². The fraction of sp³-hybridized carbons (Fsp3) is 0.273. The first-order chi connectivity index (χ1) is 7.54. The number of hydrogen-bond acceptors (Lipinski definition) is 2. The van der Waals surface area contributed by atoms with Gasteiger partial charge in [0.1, 0.15) is 5.65 Å². The standard InChI is InChI=1S/C11H11ClN2O2/c1-3-8-10(11(15)16)14-5-7(12)6(2)4-9(14)13-8/h4-5H,3H2,1-2H3,(H,15,16). The Hall–Kier alpha value is -1.55. The van der Waals surface area contributed by atoms with Gasteiger partial charge >= 0.3 is 5.97 Å². The third-order valence-electron chi connectivity index (χ3n) is 2.51. The summed E-state index contributed by atoms with van der Waals surface area (Å²) < 4.78 is 1.52. The van der Waals surface area contributed by atoms with Crippen LogP contribution in [-0.2, 0) is 6.42 Å². The lowest BCUT2D eigenvalue weighted by Gasteiger charge is -2.01. The zero-order valence-electron chi connectivity index (χ0n) is 8.99. The first kappa shape index (κ1) is 11.0. The molecule has 0 amide bonds. The van der Waals surface area contributed by atoms with Crippen molar-refractivity contribution in [1.82, 2.24) is 9.38 Å². The van der Waals surface area contributed by atoms with Crippen LogP contribution in [0.1, 0.15) is 28.7 Å². The molecular weight excluding hydrogens is 228 g/mol. The van der Waals surface area contributed by atoms with E-state index in [1.165, 1.54) is 4.40 Å². The molecule has 0 radical (unpaired) electrons. The van der Waals surface area contributed by atoms with Crippen LogP contribution >= 0.6 is 11.6 Å². The normalized spacial score (nSPS) is 10.9. The van der Waals surface area contributed by atoms with Crippen LogP contribution in [0, 0.1) is 6.92 Å². The van der Waals surface area contributed by atoms with Crippen molar-refractivity contribution in [3.05, 3.63) is 34.2 Å². The highest BCUT2D eigenvalue weighted by atomic mass is 35.5. The zero-order valence-corrected chi connectivity index (χ0v) is 9.75. The van der Waals surface area contributed by atoms with Crippen LogP contribution in [0.25, 0.3) is 5.65 Å². The number of imidazole rings is 1. The molecule has 2 aromatic rings. The van der Waals surface area contributed by atoms with Crippen molar-refractivity contribution in [2.45, 2.75) is 20.3 Å². The fourth-order valence-corrected chi connectivity index (χ4v) is 1.83. The van der Waals surface area contributed by atoms with Crippen molar-refractivity contribution in [3.63, 3.8) is 0 Å². The first-order valence-electron chi connectivity index (χ1n) is 4.95. The van der Waals surface area contributed by atoms with E-state index in [4.69, 9.17) is 16.7 Å². The largest absolute Gasteiger partial charge is 0.477 e. The topological polar surface area (TPSA) is 54.6 Å². The molecule has 84 valence electrons. The molecule has 0 aliphatic rings. The number of aryl methyl sites for hydroxylation is 2. The Morgan fingerprint density at radius 2 is 2.31 bits per heavy atom. The Morgan fingerprint density at radius 1 is 1.62 bits per heavy atom. The third-order valence-corrected chi connectivity index (χ3v) is 2.91. The molecule has 0 atom stereocenters. The maximum Gasteiger partial charge on any atom is 0.354 e.